The second kappa shape index (κ2) is 8.76. The number of ether oxygens (including phenoxy) is 1. The van der Waals surface area contributed by atoms with E-state index >= 15 is 0 Å². The highest BCUT2D eigenvalue weighted by Crippen LogP contribution is 2.32. The van der Waals surface area contributed by atoms with Gasteiger partial charge >= 0.3 is 0 Å². The molecule has 0 bridgehead atoms. The fraction of sp³-hybridized carbons (Fsp3) is 0.429. The summed E-state index contributed by atoms with van der Waals surface area (Å²) < 4.78 is 5.92. The molecular formula is C21H25N3O2S. The van der Waals surface area contributed by atoms with Gasteiger partial charge in [-0.25, -0.2) is 0 Å². The molecular weight excluding hydrogens is 358 g/mol. The molecule has 6 heteroatoms. The standard InChI is InChI=1S/C21H25N3O2S/c25-21(19-7-4-12-24(19)16-9-13-27-14-10-16)23-18-6-1-2-8-20(18)26-17-5-3-11-22-15-17/h1-3,5-6,8,11,15-16,19H,4,7,9-10,12-14H2,(H,23,25)/t19-/m1/s1. The predicted molar refractivity (Wildman–Crippen MR) is 109 cm³/mol. The third-order valence-electron chi connectivity index (χ3n) is 5.26. The van der Waals surface area contributed by atoms with E-state index in [1.807, 2.05) is 48.2 Å². The van der Waals surface area contributed by atoms with Crippen LogP contribution in [0.3, 0.4) is 0 Å². The van der Waals surface area contributed by atoms with E-state index in [9.17, 15) is 4.79 Å². The van der Waals surface area contributed by atoms with Gasteiger partial charge in [0.15, 0.2) is 5.75 Å². The number of hydrogen-bond acceptors (Lipinski definition) is 5. The van der Waals surface area contributed by atoms with Gasteiger partial charge in [0.1, 0.15) is 5.75 Å². The zero-order valence-electron chi connectivity index (χ0n) is 15.3. The van der Waals surface area contributed by atoms with Crippen LogP contribution in [0.25, 0.3) is 0 Å². The summed E-state index contributed by atoms with van der Waals surface area (Å²) in [5.74, 6) is 3.78. The Kier molecular flexibility index (Phi) is 5.94. The third-order valence-corrected chi connectivity index (χ3v) is 6.31. The molecule has 4 rings (SSSR count). The van der Waals surface area contributed by atoms with Crippen LogP contribution in [0, 0.1) is 0 Å². The van der Waals surface area contributed by atoms with Crippen LogP contribution < -0.4 is 10.1 Å². The van der Waals surface area contributed by atoms with Crippen LogP contribution >= 0.6 is 11.8 Å². The minimum absolute atomic E-state index is 0.0375. The van der Waals surface area contributed by atoms with Gasteiger partial charge in [0.25, 0.3) is 0 Å². The molecule has 0 radical (unpaired) electrons. The van der Waals surface area contributed by atoms with Gasteiger partial charge in [0, 0.05) is 12.2 Å². The Bertz CT molecular complexity index is 765. The molecule has 2 saturated heterocycles. The number of aromatic nitrogens is 1. The normalized spacial score (nSPS) is 21.1. The number of carbonyl (C=O) groups is 1. The highest BCUT2D eigenvalue weighted by Gasteiger charge is 2.36. The largest absolute Gasteiger partial charge is 0.454 e. The van der Waals surface area contributed by atoms with Crippen molar-refractivity contribution >= 4 is 23.4 Å². The number of thioether (sulfide) groups is 1. The van der Waals surface area contributed by atoms with Crippen molar-refractivity contribution in [3.8, 4) is 11.5 Å². The van der Waals surface area contributed by atoms with Crippen LogP contribution in [0.2, 0.25) is 0 Å². The minimum Gasteiger partial charge on any atom is -0.454 e. The van der Waals surface area contributed by atoms with E-state index in [4.69, 9.17) is 4.74 Å². The molecule has 27 heavy (non-hydrogen) atoms. The van der Waals surface area contributed by atoms with Gasteiger partial charge in [-0.2, -0.15) is 11.8 Å². The van der Waals surface area contributed by atoms with Crippen LogP contribution in [-0.4, -0.2) is 45.9 Å². The van der Waals surface area contributed by atoms with E-state index in [0.29, 0.717) is 23.2 Å². The van der Waals surface area contributed by atoms with Gasteiger partial charge in [-0.1, -0.05) is 12.1 Å². The average Bonchev–Trinajstić information content (AvgIpc) is 3.21. The third kappa shape index (κ3) is 4.45. The van der Waals surface area contributed by atoms with E-state index in [2.05, 4.69) is 15.2 Å². The second-order valence-electron chi connectivity index (χ2n) is 7.02. The number of rotatable bonds is 5. The van der Waals surface area contributed by atoms with E-state index < -0.39 is 0 Å². The smallest absolute Gasteiger partial charge is 0.241 e. The van der Waals surface area contributed by atoms with Crippen molar-refractivity contribution in [1.82, 2.24) is 9.88 Å². The number of nitrogens with one attached hydrogen (secondary N) is 1. The quantitative estimate of drug-likeness (QED) is 0.840. The summed E-state index contributed by atoms with van der Waals surface area (Å²) in [6.45, 7) is 1.03. The summed E-state index contributed by atoms with van der Waals surface area (Å²) >= 11 is 2.02. The first-order chi connectivity index (χ1) is 13.3. The summed E-state index contributed by atoms with van der Waals surface area (Å²) in [7, 11) is 0. The monoisotopic (exact) mass is 383 g/mol. The number of amides is 1. The first kappa shape index (κ1) is 18.3. The Labute approximate surface area is 164 Å². The molecule has 0 aliphatic carbocycles. The van der Waals surface area contributed by atoms with Crippen molar-refractivity contribution in [2.75, 3.05) is 23.4 Å². The SMILES string of the molecule is O=C(Nc1ccccc1Oc1cccnc1)[C@H]1CCCN1C1CCSCC1. The van der Waals surface area contributed by atoms with Gasteiger partial charge in [-0.05, 0) is 68.0 Å². The van der Waals surface area contributed by atoms with E-state index in [0.717, 1.165) is 19.4 Å². The molecule has 1 aromatic heterocycles. The molecule has 2 fully saturated rings. The van der Waals surface area contributed by atoms with Crippen LogP contribution in [0.1, 0.15) is 25.7 Å². The zero-order valence-corrected chi connectivity index (χ0v) is 16.2. The van der Waals surface area contributed by atoms with Crippen molar-refractivity contribution in [2.24, 2.45) is 0 Å². The molecule has 2 aliphatic rings. The van der Waals surface area contributed by atoms with Gasteiger partial charge in [-0.15, -0.1) is 0 Å². The van der Waals surface area contributed by atoms with Gasteiger partial charge in [0.05, 0.1) is 17.9 Å². The molecule has 2 aliphatic heterocycles. The van der Waals surface area contributed by atoms with Crippen molar-refractivity contribution in [3.63, 3.8) is 0 Å². The van der Waals surface area contributed by atoms with E-state index in [-0.39, 0.29) is 11.9 Å². The Hall–Kier alpha value is -2.05. The zero-order chi connectivity index (χ0) is 18.5. The molecule has 2 aromatic rings. The van der Waals surface area contributed by atoms with Crippen LogP contribution in [0.4, 0.5) is 5.69 Å². The fourth-order valence-corrected chi connectivity index (χ4v) is 5.02. The maximum atomic E-state index is 13.0. The molecule has 1 atom stereocenters. The number of para-hydroxylation sites is 2. The minimum atomic E-state index is -0.0375. The Morgan fingerprint density at radius 2 is 2.00 bits per heavy atom. The van der Waals surface area contributed by atoms with Crippen molar-refractivity contribution in [2.45, 2.75) is 37.8 Å². The molecule has 0 unspecified atom stereocenters. The number of nitrogens with zero attached hydrogens (tertiary/aromatic N) is 2. The molecule has 1 amide bonds. The molecule has 5 nitrogen and oxygen atoms in total. The summed E-state index contributed by atoms with van der Waals surface area (Å²) in [5, 5.41) is 3.11. The van der Waals surface area contributed by atoms with Crippen LogP contribution in [-0.2, 0) is 4.79 Å². The fourth-order valence-electron chi connectivity index (χ4n) is 3.93. The maximum absolute atomic E-state index is 13.0. The molecule has 0 spiro atoms. The lowest BCUT2D eigenvalue weighted by Gasteiger charge is -2.34. The Balaban J connectivity index is 1.46. The molecule has 142 valence electrons. The maximum Gasteiger partial charge on any atom is 0.241 e. The lowest BCUT2D eigenvalue weighted by molar-refractivity contribution is -0.121. The van der Waals surface area contributed by atoms with Gasteiger partial charge in [-0.3, -0.25) is 14.7 Å². The number of benzene rings is 1. The van der Waals surface area contributed by atoms with Crippen molar-refractivity contribution in [3.05, 3.63) is 48.8 Å². The molecule has 1 aromatic carbocycles. The number of likely N-dealkylation sites (tertiary alicyclic amines) is 1. The van der Waals surface area contributed by atoms with E-state index in [1.54, 1.807) is 12.4 Å². The summed E-state index contributed by atoms with van der Waals surface area (Å²) in [5.41, 5.74) is 0.706. The predicted octanol–water partition coefficient (Wildman–Crippen LogP) is 4.17. The molecule has 0 saturated carbocycles. The summed E-state index contributed by atoms with van der Waals surface area (Å²) in [4.78, 5) is 19.6. The number of pyridine rings is 1. The number of anilines is 1. The van der Waals surface area contributed by atoms with Crippen LogP contribution in [0.15, 0.2) is 48.8 Å². The van der Waals surface area contributed by atoms with Crippen LogP contribution in [0.5, 0.6) is 11.5 Å². The highest BCUT2D eigenvalue weighted by atomic mass is 32.2. The summed E-state index contributed by atoms with van der Waals surface area (Å²) in [6.07, 6.45) is 7.78. The lowest BCUT2D eigenvalue weighted by atomic mass is 10.1. The lowest BCUT2D eigenvalue weighted by Crippen LogP contribution is -2.46. The second-order valence-corrected chi connectivity index (χ2v) is 8.24. The van der Waals surface area contributed by atoms with Gasteiger partial charge < -0.3 is 10.1 Å². The first-order valence-corrected chi connectivity index (χ1v) is 10.8. The topological polar surface area (TPSA) is 54.5 Å². The average molecular weight is 384 g/mol. The summed E-state index contributed by atoms with van der Waals surface area (Å²) in [6, 6.07) is 11.8. The van der Waals surface area contributed by atoms with Crippen molar-refractivity contribution < 1.29 is 9.53 Å². The number of carbonyl (C=O) groups excluding carboxylic acids is 1. The Morgan fingerprint density at radius 1 is 1.15 bits per heavy atom. The van der Waals surface area contributed by atoms with Crippen molar-refractivity contribution in [1.29, 1.82) is 0 Å². The molecule has 3 heterocycles. The Morgan fingerprint density at radius 3 is 2.81 bits per heavy atom. The first-order valence-electron chi connectivity index (χ1n) is 9.62. The molecule has 1 N–H and O–H groups in total. The highest BCUT2D eigenvalue weighted by molar-refractivity contribution is 7.99. The van der Waals surface area contributed by atoms with E-state index in [1.165, 1.54) is 24.3 Å². The number of hydrogen-bond donors (Lipinski definition) is 1. The van der Waals surface area contributed by atoms with Gasteiger partial charge in [0.2, 0.25) is 5.91 Å².